The van der Waals surface area contributed by atoms with Crippen molar-refractivity contribution in [3.8, 4) is 0 Å². The maximum Gasteiger partial charge on any atom is 0.294 e. The van der Waals surface area contributed by atoms with E-state index < -0.39 is 29.6 Å². The van der Waals surface area contributed by atoms with E-state index >= 15 is 0 Å². The zero-order valence-corrected chi connectivity index (χ0v) is 7.72. The molecule has 1 aromatic rings. The van der Waals surface area contributed by atoms with E-state index in [1.165, 1.54) is 0 Å². The molecule has 8 heteroatoms. The van der Waals surface area contributed by atoms with Crippen LogP contribution in [0, 0.1) is 10.1 Å². The molecule has 0 atom stereocenters. The molecule has 0 saturated heterocycles. The Hall–Kier alpha value is -2.38. The van der Waals surface area contributed by atoms with E-state index in [2.05, 4.69) is 9.82 Å². The summed E-state index contributed by atoms with van der Waals surface area (Å²) in [6.45, 7) is -6.57. The number of hydrogen-bond acceptors (Lipinski definition) is 5. The highest BCUT2D eigenvalue weighted by Gasteiger charge is 2.04. The molecule has 0 unspecified atom stereocenters. The van der Waals surface area contributed by atoms with Gasteiger partial charge in [0.1, 0.15) is 6.56 Å². The monoisotopic (exact) mass is 231 g/mol. The number of aromatic nitrogens is 1. The fourth-order valence-electron chi connectivity index (χ4n) is 0.766. The quantitative estimate of drug-likeness (QED) is 0.514. The van der Waals surface area contributed by atoms with Crippen LogP contribution in [0.5, 0.6) is 0 Å². The number of carbonyl (C=O) groups is 1. The van der Waals surface area contributed by atoms with Gasteiger partial charge in [-0.1, -0.05) is 0 Å². The van der Waals surface area contributed by atoms with Crippen LogP contribution in [0.15, 0.2) is 23.1 Å². The SMILES string of the molecule is [2H]C([2H])(NC(=O)c1ccc(=O)[nH]c1)C([2H])([2H])O[N+](=O)[O-]. The molecule has 8 nitrogen and oxygen atoms in total. The summed E-state index contributed by atoms with van der Waals surface area (Å²) < 4.78 is 28.8. The minimum absolute atomic E-state index is 0.162. The van der Waals surface area contributed by atoms with Gasteiger partial charge in [0.25, 0.3) is 11.0 Å². The van der Waals surface area contributed by atoms with Crippen molar-refractivity contribution in [2.24, 2.45) is 0 Å². The lowest BCUT2D eigenvalue weighted by Crippen LogP contribution is -2.28. The third-order valence-corrected chi connectivity index (χ3v) is 1.39. The zero-order chi connectivity index (χ0) is 15.6. The molecule has 1 aromatic heterocycles. The lowest BCUT2D eigenvalue weighted by atomic mass is 10.3. The average Bonchev–Trinajstić information content (AvgIpc) is 2.27. The van der Waals surface area contributed by atoms with Crippen LogP contribution in [0.25, 0.3) is 0 Å². The van der Waals surface area contributed by atoms with Gasteiger partial charge in [-0.15, -0.1) is 10.1 Å². The van der Waals surface area contributed by atoms with Crippen LogP contribution in [0.2, 0.25) is 0 Å². The Balaban J connectivity index is 2.89. The van der Waals surface area contributed by atoms with Crippen LogP contribution in [0.3, 0.4) is 0 Å². The number of pyridine rings is 1. The Bertz CT molecular complexity index is 567. The van der Waals surface area contributed by atoms with Gasteiger partial charge in [-0.25, -0.2) is 0 Å². The van der Waals surface area contributed by atoms with Gasteiger partial charge in [0.2, 0.25) is 5.56 Å². The Morgan fingerprint density at radius 3 is 3.00 bits per heavy atom. The van der Waals surface area contributed by atoms with Crippen molar-refractivity contribution in [2.75, 3.05) is 13.1 Å². The number of nitrogens with one attached hydrogen (secondary N) is 2. The smallest absolute Gasteiger partial charge is 0.294 e. The summed E-state index contributed by atoms with van der Waals surface area (Å²) in [7, 11) is 0. The van der Waals surface area contributed by atoms with Gasteiger partial charge in [0.15, 0.2) is 0 Å². The van der Waals surface area contributed by atoms with E-state index in [0.29, 0.717) is 0 Å². The summed E-state index contributed by atoms with van der Waals surface area (Å²) in [5.74, 6) is -1.08. The molecule has 0 aliphatic heterocycles. The maximum atomic E-state index is 11.6. The van der Waals surface area contributed by atoms with Crippen molar-refractivity contribution in [3.05, 3.63) is 44.4 Å². The predicted octanol–water partition coefficient (Wildman–Crippen LogP) is -0.687. The maximum absolute atomic E-state index is 11.6. The molecule has 86 valence electrons. The topological polar surface area (TPSA) is 114 Å². The Kier molecular flexibility index (Phi) is 2.40. The third kappa shape index (κ3) is 3.78. The van der Waals surface area contributed by atoms with E-state index in [-0.39, 0.29) is 5.56 Å². The number of hydrogen-bond donors (Lipinski definition) is 2. The summed E-state index contributed by atoms with van der Waals surface area (Å²) in [4.78, 5) is 38.2. The highest BCUT2D eigenvalue weighted by Crippen LogP contribution is 1.91. The molecule has 0 aliphatic rings. The van der Waals surface area contributed by atoms with Gasteiger partial charge in [0.05, 0.1) is 11.0 Å². The largest absolute Gasteiger partial charge is 0.350 e. The summed E-state index contributed by atoms with van der Waals surface area (Å²) in [5.41, 5.74) is -0.651. The highest BCUT2D eigenvalue weighted by atomic mass is 16.9. The van der Waals surface area contributed by atoms with Crippen molar-refractivity contribution >= 4 is 5.91 Å². The van der Waals surface area contributed by atoms with E-state index in [0.717, 1.165) is 18.3 Å². The molecule has 1 rings (SSSR count). The summed E-state index contributed by atoms with van der Waals surface area (Å²) >= 11 is 0. The number of H-pyrrole nitrogens is 1. The minimum atomic E-state index is -3.39. The molecule has 0 spiro atoms. The van der Waals surface area contributed by atoms with E-state index in [4.69, 9.17) is 5.48 Å². The zero-order valence-electron chi connectivity index (χ0n) is 11.7. The van der Waals surface area contributed by atoms with Crippen LogP contribution in [0.1, 0.15) is 15.8 Å². The second-order valence-electron chi connectivity index (χ2n) is 2.44. The van der Waals surface area contributed by atoms with Crippen LogP contribution < -0.4 is 10.9 Å². The molecule has 1 heterocycles. The normalized spacial score (nSPS) is 15.0. The first-order chi connectivity index (χ1) is 9.05. The van der Waals surface area contributed by atoms with E-state index in [1.807, 2.05) is 0 Å². The van der Waals surface area contributed by atoms with Crippen LogP contribution >= 0.6 is 0 Å². The number of rotatable bonds is 5. The van der Waals surface area contributed by atoms with Crippen LogP contribution in [-0.4, -0.2) is 29.0 Å². The van der Waals surface area contributed by atoms with Gasteiger partial charge >= 0.3 is 0 Å². The average molecular weight is 231 g/mol. The molecular weight excluding hydrogens is 218 g/mol. The summed E-state index contributed by atoms with van der Waals surface area (Å²) in [5, 5.41) is 10.2. The molecule has 0 saturated carbocycles. The first-order valence-electron chi connectivity index (χ1n) is 5.90. The van der Waals surface area contributed by atoms with Crippen molar-refractivity contribution in [1.82, 2.24) is 10.3 Å². The second kappa shape index (κ2) is 5.49. The molecule has 0 fully saturated rings. The molecule has 0 aromatic carbocycles. The van der Waals surface area contributed by atoms with Gasteiger partial charge in [-0.3, -0.25) is 9.59 Å². The van der Waals surface area contributed by atoms with Gasteiger partial charge in [-0.2, -0.15) is 0 Å². The highest BCUT2D eigenvalue weighted by molar-refractivity contribution is 5.93. The van der Waals surface area contributed by atoms with Crippen molar-refractivity contribution in [1.29, 1.82) is 0 Å². The minimum Gasteiger partial charge on any atom is -0.350 e. The molecule has 0 radical (unpaired) electrons. The Morgan fingerprint density at radius 1 is 1.69 bits per heavy atom. The first-order valence-corrected chi connectivity index (χ1v) is 3.90. The molecule has 0 aliphatic carbocycles. The Morgan fingerprint density at radius 2 is 2.44 bits per heavy atom. The fourth-order valence-corrected chi connectivity index (χ4v) is 0.766. The van der Waals surface area contributed by atoms with Gasteiger partial charge in [0, 0.05) is 18.8 Å². The molecule has 16 heavy (non-hydrogen) atoms. The van der Waals surface area contributed by atoms with Crippen LogP contribution in [0.4, 0.5) is 0 Å². The van der Waals surface area contributed by atoms with Gasteiger partial charge < -0.3 is 15.1 Å². The van der Waals surface area contributed by atoms with E-state index in [1.54, 1.807) is 5.32 Å². The third-order valence-electron chi connectivity index (χ3n) is 1.39. The summed E-state index contributed by atoms with van der Waals surface area (Å²) in [6.07, 6.45) is 0.984. The van der Waals surface area contributed by atoms with Crippen molar-refractivity contribution in [2.45, 2.75) is 0 Å². The standard InChI is InChI=1S/C8H9N3O5/c12-7-2-1-6(5-10-7)8(13)9-3-4-16-11(14)15/h1-2,5H,3-4H2,(H,9,13)(H,10,12)/i3D2,4D2. The molecule has 0 bridgehead atoms. The number of aromatic amines is 1. The fraction of sp³-hybridized carbons (Fsp3) is 0.250. The lowest BCUT2D eigenvalue weighted by Gasteiger charge is -2.03. The number of nitrogens with zero attached hydrogens (tertiary/aromatic N) is 1. The Labute approximate surface area is 95.0 Å². The van der Waals surface area contributed by atoms with Crippen molar-refractivity contribution in [3.63, 3.8) is 0 Å². The number of carbonyl (C=O) groups excluding carboxylic acids is 1. The van der Waals surface area contributed by atoms with Gasteiger partial charge in [-0.05, 0) is 6.07 Å². The number of amides is 1. The molecule has 1 amide bonds. The predicted molar refractivity (Wildman–Crippen MR) is 52.3 cm³/mol. The summed E-state index contributed by atoms with van der Waals surface area (Å²) in [6, 6.07) is 2.08. The van der Waals surface area contributed by atoms with Crippen LogP contribution in [-0.2, 0) is 4.84 Å². The first kappa shape index (κ1) is 6.99. The second-order valence-corrected chi connectivity index (χ2v) is 2.44. The van der Waals surface area contributed by atoms with E-state index in [9.17, 15) is 19.7 Å². The van der Waals surface area contributed by atoms with Crippen molar-refractivity contribution < 1.29 is 20.2 Å². The molecular formula is C8H9N3O5. The molecule has 2 N–H and O–H groups in total. The lowest BCUT2D eigenvalue weighted by molar-refractivity contribution is -0.757.